The third-order valence-electron chi connectivity index (χ3n) is 5.95. The van der Waals surface area contributed by atoms with E-state index in [1.54, 1.807) is 12.1 Å². The Hall–Kier alpha value is -3.02. The number of halogens is 1. The minimum Gasteiger partial charge on any atom is -0.356 e. The van der Waals surface area contributed by atoms with Gasteiger partial charge in [-0.3, -0.25) is 14.5 Å². The lowest BCUT2D eigenvalue weighted by molar-refractivity contribution is -0.120. The number of carbonyl (C=O) groups is 1. The molecule has 0 atom stereocenters. The van der Waals surface area contributed by atoms with E-state index in [1.165, 1.54) is 23.4 Å². The van der Waals surface area contributed by atoms with Crippen molar-refractivity contribution in [3.8, 4) is 11.1 Å². The molecule has 5 nitrogen and oxygen atoms in total. The van der Waals surface area contributed by atoms with E-state index >= 15 is 0 Å². The lowest BCUT2D eigenvalue weighted by Gasteiger charge is -2.28. The van der Waals surface area contributed by atoms with E-state index in [-0.39, 0.29) is 11.7 Å². The first-order chi connectivity index (χ1) is 14.6. The monoisotopic (exact) mass is 406 g/mol. The van der Waals surface area contributed by atoms with Gasteiger partial charge in [0.15, 0.2) is 0 Å². The van der Waals surface area contributed by atoms with Crippen molar-refractivity contribution >= 4 is 5.91 Å². The van der Waals surface area contributed by atoms with E-state index in [0.717, 1.165) is 36.8 Å². The van der Waals surface area contributed by atoms with Gasteiger partial charge in [0.1, 0.15) is 5.82 Å². The Morgan fingerprint density at radius 2 is 1.80 bits per heavy atom. The van der Waals surface area contributed by atoms with Crippen molar-refractivity contribution in [2.24, 2.45) is 13.0 Å². The number of nitrogens with one attached hydrogen (secondary N) is 1. The molecule has 0 bridgehead atoms. The Labute approximate surface area is 176 Å². The van der Waals surface area contributed by atoms with E-state index in [0.29, 0.717) is 24.8 Å². The second-order valence-corrected chi connectivity index (χ2v) is 8.16. The lowest BCUT2D eigenvalue weighted by Crippen LogP contribution is -2.32. The number of carbonyl (C=O) groups excluding carboxylic acids is 1. The number of aromatic nitrogens is 3. The maximum atomic E-state index is 13.0. The van der Waals surface area contributed by atoms with Crippen LogP contribution in [0.15, 0.2) is 55.0 Å². The van der Waals surface area contributed by atoms with Crippen molar-refractivity contribution in [1.82, 2.24) is 20.1 Å². The van der Waals surface area contributed by atoms with Gasteiger partial charge < -0.3 is 5.32 Å². The normalized spacial score (nSPS) is 18.9. The minimum atomic E-state index is -0.282. The summed E-state index contributed by atoms with van der Waals surface area (Å²) in [5, 5.41) is 7.81. The van der Waals surface area contributed by atoms with Crippen LogP contribution in [0.3, 0.4) is 0 Å². The van der Waals surface area contributed by atoms with E-state index in [4.69, 9.17) is 5.10 Å². The van der Waals surface area contributed by atoms with Crippen LogP contribution >= 0.6 is 0 Å². The molecule has 1 aliphatic rings. The second-order valence-electron chi connectivity index (χ2n) is 8.16. The molecule has 0 spiro atoms. The standard InChI is InChI=1S/C24H27FN4O/c1-29-16-22(19-10-12-26-13-11-19)24(28-29)20-6-2-18(3-7-20)15-27-23(30)14-17-4-8-21(25)9-5-17/h4-5,8-13,16,18,20H,2-3,6-7,14-15H2,1H3,(H,27,30). The number of hydrogen-bond acceptors (Lipinski definition) is 3. The van der Waals surface area contributed by atoms with Gasteiger partial charge >= 0.3 is 0 Å². The maximum absolute atomic E-state index is 13.0. The molecule has 6 heteroatoms. The summed E-state index contributed by atoms with van der Waals surface area (Å²) < 4.78 is 14.9. The molecule has 3 aromatic rings. The SMILES string of the molecule is Cn1cc(-c2ccncc2)c(C2CCC(CNC(=O)Cc3ccc(F)cc3)CC2)n1. The summed E-state index contributed by atoms with van der Waals surface area (Å²) in [6, 6.07) is 10.2. The molecule has 156 valence electrons. The highest BCUT2D eigenvalue weighted by molar-refractivity contribution is 5.78. The maximum Gasteiger partial charge on any atom is 0.224 e. The van der Waals surface area contributed by atoms with Crippen LogP contribution in [0.5, 0.6) is 0 Å². The summed E-state index contributed by atoms with van der Waals surface area (Å²) in [4.78, 5) is 16.3. The molecule has 0 saturated heterocycles. The zero-order valence-electron chi connectivity index (χ0n) is 17.2. The van der Waals surface area contributed by atoms with Crippen LogP contribution in [0.1, 0.15) is 42.9 Å². The highest BCUT2D eigenvalue weighted by Gasteiger charge is 2.26. The van der Waals surface area contributed by atoms with Crippen LogP contribution in [0.2, 0.25) is 0 Å². The largest absolute Gasteiger partial charge is 0.356 e. The first kappa shape index (κ1) is 20.3. The number of rotatable bonds is 6. The molecule has 1 aliphatic carbocycles. The topological polar surface area (TPSA) is 59.8 Å². The van der Waals surface area contributed by atoms with Gasteiger partial charge in [-0.25, -0.2) is 4.39 Å². The Balaban J connectivity index is 1.29. The van der Waals surface area contributed by atoms with Crippen LogP contribution in [0.4, 0.5) is 4.39 Å². The molecule has 2 heterocycles. The summed E-state index contributed by atoms with van der Waals surface area (Å²) >= 11 is 0. The zero-order valence-corrected chi connectivity index (χ0v) is 17.2. The molecule has 1 aromatic carbocycles. The molecule has 1 fully saturated rings. The average molecular weight is 407 g/mol. The number of aryl methyl sites for hydroxylation is 1. The lowest BCUT2D eigenvalue weighted by atomic mass is 9.79. The van der Waals surface area contributed by atoms with Crippen molar-refractivity contribution in [3.05, 3.63) is 72.1 Å². The number of benzene rings is 1. The zero-order chi connectivity index (χ0) is 20.9. The van der Waals surface area contributed by atoms with Crippen molar-refractivity contribution in [3.63, 3.8) is 0 Å². The highest BCUT2D eigenvalue weighted by Crippen LogP contribution is 2.39. The van der Waals surface area contributed by atoms with Gasteiger partial charge in [0.05, 0.1) is 12.1 Å². The van der Waals surface area contributed by atoms with Gasteiger partial charge in [0, 0.05) is 43.7 Å². The smallest absolute Gasteiger partial charge is 0.224 e. The second kappa shape index (κ2) is 9.20. The van der Waals surface area contributed by atoms with Gasteiger partial charge in [-0.1, -0.05) is 12.1 Å². The third-order valence-corrected chi connectivity index (χ3v) is 5.95. The molecule has 2 aromatic heterocycles. The molecule has 0 radical (unpaired) electrons. The summed E-state index contributed by atoms with van der Waals surface area (Å²) in [5.41, 5.74) is 4.35. The number of hydrogen-bond donors (Lipinski definition) is 1. The van der Waals surface area contributed by atoms with Crippen LogP contribution < -0.4 is 5.32 Å². The first-order valence-electron chi connectivity index (χ1n) is 10.5. The van der Waals surface area contributed by atoms with Crippen LogP contribution in [-0.2, 0) is 18.3 Å². The molecular formula is C24H27FN4O. The van der Waals surface area contributed by atoms with Crippen molar-refractivity contribution in [2.45, 2.75) is 38.0 Å². The molecule has 30 heavy (non-hydrogen) atoms. The molecule has 1 N–H and O–H groups in total. The van der Waals surface area contributed by atoms with Crippen molar-refractivity contribution in [1.29, 1.82) is 0 Å². The highest BCUT2D eigenvalue weighted by atomic mass is 19.1. The predicted octanol–water partition coefficient (Wildman–Crippen LogP) is 4.25. The molecule has 4 rings (SSSR count). The fraction of sp³-hybridized carbons (Fsp3) is 0.375. The Morgan fingerprint density at radius 3 is 2.50 bits per heavy atom. The van der Waals surface area contributed by atoms with E-state index < -0.39 is 0 Å². The summed E-state index contributed by atoms with van der Waals surface area (Å²) in [5.74, 6) is 0.649. The van der Waals surface area contributed by atoms with Gasteiger partial charge in [-0.15, -0.1) is 0 Å². The van der Waals surface area contributed by atoms with Gasteiger partial charge in [-0.2, -0.15) is 5.10 Å². The number of pyridine rings is 1. The molecular weight excluding hydrogens is 379 g/mol. The number of nitrogens with zero attached hydrogens (tertiary/aromatic N) is 3. The molecule has 1 saturated carbocycles. The predicted molar refractivity (Wildman–Crippen MR) is 114 cm³/mol. The number of amides is 1. The Bertz CT molecular complexity index is 976. The molecule has 0 aliphatic heterocycles. The van der Waals surface area contributed by atoms with Gasteiger partial charge in [0.2, 0.25) is 5.91 Å². The van der Waals surface area contributed by atoms with E-state index in [9.17, 15) is 9.18 Å². The quantitative estimate of drug-likeness (QED) is 0.666. The fourth-order valence-corrected chi connectivity index (χ4v) is 4.31. The third kappa shape index (κ3) is 4.93. The minimum absolute atomic E-state index is 0.00608. The molecule has 0 unspecified atom stereocenters. The first-order valence-corrected chi connectivity index (χ1v) is 10.5. The van der Waals surface area contributed by atoms with E-state index in [1.807, 2.05) is 36.3 Å². The van der Waals surface area contributed by atoms with Gasteiger partial charge in [0.25, 0.3) is 0 Å². The van der Waals surface area contributed by atoms with Crippen LogP contribution in [-0.4, -0.2) is 27.2 Å². The summed E-state index contributed by atoms with van der Waals surface area (Å²) in [7, 11) is 1.97. The average Bonchev–Trinajstić information content (AvgIpc) is 3.16. The van der Waals surface area contributed by atoms with Crippen molar-refractivity contribution < 1.29 is 9.18 Å². The van der Waals surface area contributed by atoms with Crippen LogP contribution in [0, 0.1) is 11.7 Å². The van der Waals surface area contributed by atoms with Crippen LogP contribution in [0.25, 0.3) is 11.1 Å². The molecule has 1 amide bonds. The van der Waals surface area contributed by atoms with Crippen molar-refractivity contribution in [2.75, 3.05) is 6.54 Å². The Morgan fingerprint density at radius 1 is 1.10 bits per heavy atom. The summed E-state index contributed by atoms with van der Waals surface area (Å²) in [6.07, 6.45) is 10.3. The van der Waals surface area contributed by atoms with E-state index in [2.05, 4.69) is 16.5 Å². The van der Waals surface area contributed by atoms with Gasteiger partial charge in [-0.05, 0) is 67.0 Å². The summed E-state index contributed by atoms with van der Waals surface area (Å²) in [6.45, 7) is 0.701. The Kier molecular flexibility index (Phi) is 6.21. The fourth-order valence-electron chi connectivity index (χ4n) is 4.31.